The Bertz CT molecular complexity index is 4320. The Kier molecular flexibility index (Phi) is 29.1. The standard InChI is InChI=1S/C73H86N12O20/c1-39(2)32-55(69(99)78-54(72(102)103)28-30-61(91)92)80-70(100)58(35-44-17-24-49(88)25-18-44)82-71(101)57(34-43-15-22-48(87)23-16-43)81-67(97)53(27-29-60(89)90)77-66(96)52(76-64(94)41(4)75-68(98)56(79-63(93)40(3)74)33-42-13-20-47(86)21-14-42)12-8-9-31-85-59-37-50(105-38-45-10-6-5-7-11-45)26-19-46(59)36-51-62(85)83-73(104)84-65(51)95/h5-7,10-11,13-26,36-37,39-41,52-58,86-88H,8-9,12,27-35,38,74H2,1-4H3,(H,75,98)(H,76,94)(H,77,96)(H,78,99)(H,79,93)(H,80,100)(H,81,97)(H,82,101)(H,89,90)(H,91,92)(H,102,103)(H,84,95,104)/t40-,41-,52-,53-,54-,55-,56-,57-,58-/m0/s1. The number of aryl methyl sites for hydroxylation is 1. The van der Waals surface area contributed by atoms with E-state index in [1.807, 2.05) is 30.3 Å². The van der Waals surface area contributed by atoms with Crippen molar-refractivity contribution in [3.05, 3.63) is 170 Å². The minimum Gasteiger partial charge on any atom is -0.508 e. The van der Waals surface area contributed by atoms with E-state index in [2.05, 4.69) is 52.5 Å². The van der Waals surface area contributed by atoms with Crippen LogP contribution in [0.3, 0.4) is 0 Å². The number of nitrogens with one attached hydrogen (secondary N) is 9. The molecule has 7 rings (SSSR count). The van der Waals surface area contributed by atoms with E-state index in [-0.39, 0.29) is 86.2 Å². The third kappa shape index (κ3) is 24.8. The first-order valence-electron chi connectivity index (χ1n) is 33.8. The highest BCUT2D eigenvalue weighted by Crippen LogP contribution is 2.29. The van der Waals surface area contributed by atoms with Gasteiger partial charge >= 0.3 is 23.6 Å². The predicted molar refractivity (Wildman–Crippen MR) is 379 cm³/mol. The second-order valence-corrected chi connectivity index (χ2v) is 25.8. The summed E-state index contributed by atoms with van der Waals surface area (Å²) in [6, 6.07) is 18.7. The molecule has 558 valence electrons. The number of aliphatic carboxylic acids is 3. The van der Waals surface area contributed by atoms with Crippen LogP contribution >= 0.6 is 0 Å². The highest BCUT2D eigenvalue weighted by Gasteiger charge is 2.36. The van der Waals surface area contributed by atoms with E-state index in [9.17, 15) is 88.2 Å². The van der Waals surface area contributed by atoms with Crippen molar-refractivity contribution < 1.29 is 88.1 Å². The molecule has 2 heterocycles. The molecule has 5 aromatic carbocycles. The number of carboxylic acid groups (broad SMARTS) is 3. The van der Waals surface area contributed by atoms with E-state index >= 15 is 4.79 Å². The average Bonchev–Trinajstić information content (AvgIpc) is 0.759. The fourth-order valence-electron chi connectivity index (χ4n) is 11.2. The minimum absolute atomic E-state index is 0.00474. The number of aromatic hydroxyl groups is 3. The lowest BCUT2D eigenvalue weighted by Crippen LogP contribution is -2.60. The van der Waals surface area contributed by atoms with Crippen LogP contribution < -0.4 is 64.3 Å². The van der Waals surface area contributed by atoms with Crippen LogP contribution in [0.1, 0.15) is 101 Å². The summed E-state index contributed by atoms with van der Waals surface area (Å²) in [6.45, 7) is 6.25. The number of nitrogens with two attached hydrogens (primary N) is 1. The minimum atomic E-state index is -1.84. The fourth-order valence-corrected chi connectivity index (χ4v) is 11.2. The third-order valence-corrected chi connectivity index (χ3v) is 16.8. The van der Waals surface area contributed by atoms with Gasteiger partial charge in [-0.1, -0.05) is 80.6 Å². The molecule has 17 N–H and O–H groups in total. The first-order chi connectivity index (χ1) is 49.9. The lowest BCUT2D eigenvalue weighted by atomic mass is 9.99. The Hall–Kier alpha value is -12.2. The first-order valence-corrected chi connectivity index (χ1v) is 33.8. The summed E-state index contributed by atoms with van der Waals surface area (Å²) in [4.78, 5) is 183. The molecule has 0 saturated carbocycles. The molecule has 5 aromatic rings. The maximum atomic E-state index is 15.0. The molecule has 0 unspecified atom stereocenters. The molecule has 0 radical (unpaired) electrons. The van der Waals surface area contributed by atoms with Crippen LogP contribution in [0.25, 0.3) is 22.3 Å². The summed E-state index contributed by atoms with van der Waals surface area (Å²) in [5.74, 6) is -12.6. The lowest BCUT2D eigenvalue weighted by Gasteiger charge is -2.28. The van der Waals surface area contributed by atoms with E-state index in [0.717, 1.165) is 5.56 Å². The van der Waals surface area contributed by atoms with Crippen molar-refractivity contribution in [3.8, 4) is 34.4 Å². The number of H-pyrrole nitrogens is 1. The molecule has 105 heavy (non-hydrogen) atoms. The zero-order valence-corrected chi connectivity index (χ0v) is 58.0. The zero-order valence-electron chi connectivity index (χ0n) is 58.0. The second-order valence-electron chi connectivity index (χ2n) is 25.8. The number of carboxylic acids is 3. The van der Waals surface area contributed by atoms with Gasteiger partial charge in [0.1, 0.15) is 77.9 Å². The summed E-state index contributed by atoms with van der Waals surface area (Å²) >= 11 is 0. The number of aromatic amines is 1. The summed E-state index contributed by atoms with van der Waals surface area (Å²) in [6.07, 6.45) is -3.67. The van der Waals surface area contributed by atoms with E-state index in [4.69, 9.17) is 10.5 Å². The van der Waals surface area contributed by atoms with Gasteiger partial charge in [-0.3, -0.25) is 57.7 Å². The van der Waals surface area contributed by atoms with Crippen LogP contribution in [0, 0.1) is 5.92 Å². The molecule has 2 aliphatic rings. The number of unbranched alkanes of at least 4 members (excludes halogenated alkanes) is 1. The number of benzene rings is 5. The van der Waals surface area contributed by atoms with E-state index in [1.54, 1.807) is 42.7 Å². The summed E-state index contributed by atoms with van der Waals surface area (Å²) in [5.41, 5.74) is 6.74. The van der Waals surface area contributed by atoms with Gasteiger partial charge < -0.3 is 88.2 Å². The van der Waals surface area contributed by atoms with Crippen molar-refractivity contribution in [2.75, 3.05) is 0 Å². The number of aromatic nitrogens is 3. The van der Waals surface area contributed by atoms with E-state index in [1.165, 1.54) is 86.6 Å². The van der Waals surface area contributed by atoms with E-state index in [0.29, 0.717) is 33.3 Å². The zero-order chi connectivity index (χ0) is 76.6. The molecular weight excluding hydrogens is 1360 g/mol. The fraction of sp³-hybridized carbons (Fsp3) is 0.370. The van der Waals surface area contributed by atoms with Gasteiger partial charge in [0.15, 0.2) is 5.82 Å². The number of fused-ring (bicyclic) bond motifs is 2. The van der Waals surface area contributed by atoms with Gasteiger partial charge in [-0.15, -0.1) is 0 Å². The van der Waals surface area contributed by atoms with Gasteiger partial charge in [0, 0.05) is 44.7 Å². The smallest absolute Gasteiger partial charge is 0.349 e. The Morgan fingerprint density at radius 2 is 0.924 bits per heavy atom. The van der Waals surface area contributed by atoms with Crippen molar-refractivity contribution in [1.29, 1.82) is 0 Å². The normalized spacial score (nSPS) is 13.8. The van der Waals surface area contributed by atoms with Crippen molar-refractivity contribution in [2.45, 2.75) is 166 Å². The van der Waals surface area contributed by atoms with Crippen LogP contribution in [0.4, 0.5) is 0 Å². The molecule has 0 saturated heterocycles. The van der Waals surface area contributed by atoms with Gasteiger partial charge in [0.05, 0.1) is 17.1 Å². The molecule has 0 fully saturated rings. The summed E-state index contributed by atoms with van der Waals surface area (Å²) in [5, 5.41) is 80.2. The summed E-state index contributed by atoms with van der Waals surface area (Å²) < 4.78 is 7.76. The van der Waals surface area contributed by atoms with Crippen LogP contribution in [0.2, 0.25) is 0 Å². The summed E-state index contributed by atoms with van der Waals surface area (Å²) in [7, 11) is 0. The molecule has 2 aliphatic heterocycles. The predicted octanol–water partition coefficient (Wildman–Crippen LogP) is 1.89. The number of rotatable bonds is 39. The first kappa shape index (κ1) is 80.1. The molecule has 8 amide bonds. The monoisotopic (exact) mass is 1450 g/mol. The molecule has 0 bridgehead atoms. The quantitative estimate of drug-likeness (QED) is 0.0193. The molecule has 0 aliphatic carbocycles. The third-order valence-electron chi connectivity index (χ3n) is 16.8. The number of hydrogen-bond acceptors (Lipinski definition) is 19. The second kappa shape index (κ2) is 38.2. The van der Waals surface area contributed by atoms with Crippen LogP contribution in [-0.2, 0) is 85.2 Å². The maximum absolute atomic E-state index is 15.0. The Morgan fingerprint density at radius 1 is 0.486 bits per heavy atom. The Morgan fingerprint density at radius 3 is 1.42 bits per heavy atom. The van der Waals surface area contributed by atoms with E-state index < -0.39 is 163 Å². The number of hydrogen-bond donors (Lipinski definition) is 16. The number of carbonyl (C=O) groups excluding carboxylic acids is 8. The molecule has 0 spiro atoms. The molecule has 32 nitrogen and oxygen atoms in total. The van der Waals surface area contributed by atoms with Crippen molar-refractivity contribution >= 4 is 76.1 Å². The topological polar surface area (TPSA) is 508 Å². The number of phenols is 3. The van der Waals surface area contributed by atoms with Gasteiger partial charge in [-0.05, 0) is 141 Å². The number of ether oxygens (including phenoxy) is 1. The number of nitrogens with zero attached hydrogens (tertiary/aromatic N) is 2. The molecule has 32 heteroatoms. The molecule has 9 atom stereocenters. The SMILES string of the molecule is CC(C)C[C@H](NC(=O)[C@H](Cc1ccc(O)cc1)NC(=O)[C@H](Cc1ccc(O)cc1)NC(=O)[C@H](CCC(=O)O)NC(=O)[C@H](CCCCn1c2nc(=O)[nH]c(=O)c-2cc2ccc(OCc3ccccc3)cc21)NC(=O)[C@H](C)NC(=O)[C@H](Cc1ccc(O)cc1)NC(=O)[C@H](C)N)C(=O)N[C@@H](CCC(=O)O)C(=O)O. The Balaban J connectivity index is 1.20. The average molecular weight is 1450 g/mol. The van der Waals surface area contributed by atoms with Crippen molar-refractivity contribution in [3.63, 3.8) is 0 Å². The van der Waals surface area contributed by atoms with Crippen molar-refractivity contribution in [2.24, 2.45) is 11.7 Å². The molecular formula is C73H86N12O20. The largest absolute Gasteiger partial charge is 0.508 e. The van der Waals surface area contributed by atoms with Crippen LogP contribution in [-0.4, -0.2) is 165 Å². The number of pyridine rings is 1. The number of carbonyl (C=O) groups is 11. The number of phenolic OH excluding ortho intramolecular Hbond substituents is 3. The van der Waals surface area contributed by atoms with Gasteiger partial charge in [-0.25, -0.2) is 9.59 Å². The van der Waals surface area contributed by atoms with Gasteiger partial charge in [0.25, 0.3) is 5.56 Å². The highest BCUT2D eigenvalue weighted by molar-refractivity contribution is 5.98. The lowest BCUT2D eigenvalue weighted by molar-refractivity contribution is -0.143. The maximum Gasteiger partial charge on any atom is 0.349 e. The van der Waals surface area contributed by atoms with Crippen LogP contribution in [0.5, 0.6) is 23.0 Å². The van der Waals surface area contributed by atoms with Crippen molar-refractivity contribution in [1.82, 2.24) is 57.1 Å². The van der Waals surface area contributed by atoms with Gasteiger partial charge in [-0.2, -0.15) is 4.98 Å². The van der Waals surface area contributed by atoms with Crippen LogP contribution in [0.15, 0.2) is 137 Å². The Labute approximate surface area is 601 Å². The molecule has 0 aromatic heterocycles. The number of amides is 8. The highest BCUT2D eigenvalue weighted by atomic mass is 16.5. The van der Waals surface area contributed by atoms with Gasteiger partial charge in [0.2, 0.25) is 47.3 Å².